The van der Waals surface area contributed by atoms with Gasteiger partial charge in [0.2, 0.25) is 5.91 Å². The lowest BCUT2D eigenvalue weighted by Crippen LogP contribution is -2.50. The van der Waals surface area contributed by atoms with E-state index < -0.39 is 0 Å². The first-order valence-electron chi connectivity index (χ1n) is 8.73. The van der Waals surface area contributed by atoms with Crippen LogP contribution in [0.15, 0.2) is 0 Å². The second-order valence-corrected chi connectivity index (χ2v) is 7.44. The number of carbonyl (C=O) groups excluding carboxylic acids is 1. The summed E-state index contributed by atoms with van der Waals surface area (Å²) < 4.78 is 0. The molecule has 1 heterocycles. The van der Waals surface area contributed by atoms with Crippen LogP contribution in [0.4, 0.5) is 0 Å². The van der Waals surface area contributed by atoms with Crippen LogP contribution >= 0.6 is 0 Å². The topological polar surface area (TPSA) is 58.4 Å². The first-order valence-corrected chi connectivity index (χ1v) is 8.73. The molecule has 122 valence electrons. The largest absolute Gasteiger partial charge is 0.352 e. The first kappa shape index (κ1) is 16.8. The second-order valence-electron chi connectivity index (χ2n) is 7.44. The van der Waals surface area contributed by atoms with Crippen molar-refractivity contribution in [2.24, 2.45) is 29.4 Å². The number of likely N-dealkylation sites (tertiary alicyclic amines) is 1. The van der Waals surface area contributed by atoms with Crippen molar-refractivity contribution in [2.45, 2.75) is 52.5 Å². The zero-order valence-corrected chi connectivity index (χ0v) is 14.0. The van der Waals surface area contributed by atoms with E-state index in [1.54, 1.807) is 0 Å². The SMILES string of the molecule is CC1CCN(CC(=O)NC2CCCC(C)C2C)CC1CN. The van der Waals surface area contributed by atoms with Crippen LogP contribution < -0.4 is 11.1 Å². The van der Waals surface area contributed by atoms with Crippen LogP contribution in [0.3, 0.4) is 0 Å². The fourth-order valence-electron chi connectivity index (χ4n) is 3.92. The van der Waals surface area contributed by atoms with Gasteiger partial charge in [0.05, 0.1) is 6.54 Å². The fourth-order valence-corrected chi connectivity index (χ4v) is 3.92. The number of nitrogens with one attached hydrogen (secondary N) is 1. The van der Waals surface area contributed by atoms with Gasteiger partial charge in [-0.1, -0.05) is 33.6 Å². The van der Waals surface area contributed by atoms with E-state index in [2.05, 4.69) is 31.0 Å². The van der Waals surface area contributed by atoms with Crippen molar-refractivity contribution < 1.29 is 4.79 Å². The average molecular weight is 295 g/mol. The van der Waals surface area contributed by atoms with Crippen molar-refractivity contribution in [1.82, 2.24) is 10.2 Å². The van der Waals surface area contributed by atoms with E-state index in [9.17, 15) is 4.79 Å². The molecule has 1 amide bonds. The van der Waals surface area contributed by atoms with E-state index in [-0.39, 0.29) is 5.91 Å². The molecule has 1 aliphatic heterocycles. The predicted molar refractivity (Wildman–Crippen MR) is 86.9 cm³/mol. The van der Waals surface area contributed by atoms with Crippen LogP contribution in [-0.2, 0) is 4.79 Å². The summed E-state index contributed by atoms with van der Waals surface area (Å²) in [5.74, 6) is 2.75. The molecule has 2 aliphatic rings. The first-order chi connectivity index (χ1) is 10.0. The van der Waals surface area contributed by atoms with Gasteiger partial charge in [-0.25, -0.2) is 0 Å². The van der Waals surface area contributed by atoms with Gasteiger partial charge in [0, 0.05) is 12.6 Å². The number of nitrogens with zero attached hydrogens (tertiary/aromatic N) is 1. The highest BCUT2D eigenvalue weighted by atomic mass is 16.2. The predicted octanol–water partition coefficient (Wildman–Crippen LogP) is 1.84. The summed E-state index contributed by atoms with van der Waals surface area (Å²) in [6.45, 7) is 10.1. The standard InChI is InChI=1S/C17H33N3O/c1-12-5-4-6-16(14(12)3)19-17(21)11-20-8-7-13(2)15(9-18)10-20/h12-16H,4-11,18H2,1-3H3,(H,19,21). The molecule has 0 aromatic carbocycles. The van der Waals surface area contributed by atoms with Crippen LogP contribution in [0.2, 0.25) is 0 Å². The minimum atomic E-state index is 0.200. The van der Waals surface area contributed by atoms with E-state index in [1.807, 2.05) is 0 Å². The molecule has 0 aromatic heterocycles. The van der Waals surface area contributed by atoms with Gasteiger partial charge < -0.3 is 11.1 Å². The molecule has 2 fully saturated rings. The van der Waals surface area contributed by atoms with E-state index in [0.29, 0.717) is 30.3 Å². The minimum absolute atomic E-state index is 0.200. The molecule has 5 unspecified atom stereocenters. The summed E-state index contributed by atoms with van der Waals surface area (Å²) in [6, 6.07) is 0.371. The lowest BCUT2D eigenvalue weighted by Gasteiger charge is -2.37. The number of amides is 1. The maximum Gasteiger partial charge on any atom is 0.234 e. The van der Waals surface area contributed by atoms with Crippen molar-refractivity contribution in [2.75, 3.05) is 26.2 Å². The third-order valence-electron chi connectivity index (χ3n) is 5.92. The number of piperidine rings is 1. The van der Waals surface area contributed by atoms with Crippen LogP contribution in [0.5, 0.6) is 0 Å². The van der Waals surface area contributed by atoms with Gasteiger partial charge in [-0.2, -0.15) is 0 Å². The highest BCUT2D eigenvalue weighted by Gasteiger charge is 2.30. The quantitative estimate of drug-likeness (QED) is 0.832. The summed E-state index contributed by atoms with van der Waals surface area (Å²) >= 11 is 0. The van der Waals surface area contributed by atoms with Crippen LogP contribution in [0, 0.1) is 23.7 Å². The van der Waals surface area contributed by atoms with Crippen molar-refractivity contribution >= 4 is 5.91 Å². The third kappa shape index (κ3) is 4.43. The Morgan fingerprint density at radius 3 is 2.67 bits per heavy atom. The van der Waals surface area contributed by atoms with Crippen molar-refractivity contribution in [3.8, 4) is 0 Å². The Morgan fingerprint density at radius 1 is 1.19 bits per heavy atom. The summed E-state index contributed by atoms with van der Waals surface area (Å²) in [5, 5.41) is 3.28. The number of carbonyl (C=O) groups is 1. The van der Waals surface area contributed by atoms with Crippen LogP contribution in [0.1, 0.15) is 46.5 Å². The molecular formula is C17H33N3O. The lowest BCUT2D eigenvalue weighted by atomic mass is 9.78. The van der Waals surface area contributed by atoms with Crippen molar-refractivity contribution in [3.05, 3.63) is 0 Å². The Hall–Kier alpha value is -0.610. The molecule has 1 aliphatic carbocycles. The van der Waals surface area contributed by atoms with Crippen molar-refractivity contribution in [1.29, 1.82) is 0 Å². The molecule has 1 saturated carbocycles. The smallest absolute Gasteiger partial charge is 0.234 e. The Kier molecular flexibility index (Phi) is 6.06. The van der Waals surface area contributed by atoms with Gasteiger partial charge in [0.15, 0.2) is 0 Å². The summed E-state index contributed by atoms with van der Waals surface area (Å²) in [7, 11) is 0. The Morgan fingerprint density at radius 2 is 1.95 bits per heavy atom. The van der Waals surface area contributed by atoms with Crippen LogP contribution in [-0.4, -0.2) is 43.0 Å². The summed E-state index contributed by atoms with van der Waals surface area (Å²) in [6.07, 6.45) is 4.84. The highest BCUT2D eigenvalue weighted by molar-refractivity contribution is 5.78. The average Bonchev–Trinajstić information content (AvgIpc) is 2.46. The number of hydrogen-bond acceptors (Lipinski definition) is 3. The molecule has 0 radical (unpaired) electrons. The Bertz CT molecular complexity index is 347. The molecule has 21 heavy (non-hydrogen) atoms. The zero-order valence-electron chi connectivity index (χ0n) is 14.0. The Labute approximate surface area is 129 Å². The van der Waals surface area contributed by atoms with Gasteiger partial charge in [-0.15, -0.1) is 0 Å². The molecule has 2 rings (SSSR count). The minimum Gasteiger partial charge on any atom is -0.352 e. The van der Waals surface area contributed by atoms with Crippen LogP contribution in [0.25, 0.3) is 0 Å². The monoisotopic (exact) mass is 295 g/mol. The highest BCUT2D eigenvalue weighted by Crippen LogP contribution is 2.29. The summed E-state index contributed by atoms with van der Waals surface area (Å²) in [5.41, 5.74) is 5.84. The molecule has 5 atom stereocenters. The molecule has 0 bridgehead atoms. The molecule has 3 N–H and O–H groups in total. The van der Waals surface area contributed by atoms with E-state index in [1.165, 1.54) is 12.8 Å². The van der Waals surface area contributed by atoms with E-state index in [0.717, 1.165) is 38.4 Å². The normalized spacial score (nSPS) is 38.2. The Balaban J connectivity index is 1.79. The van der Waals surface area contributed by atoms with Gasteiger partial charge in [0.1, 0.15) is 0 Å². The lowest BCUT2D eigenvalue weighted by molar-refractivity contribution is -0.124. The van der Waals surface area contributed by atoms with Crippen molar-refractivity contribution in [3.63, 3.8) is 0 Å². The van der Waals surface area contributed by atoms with E-state index in [4.69, 9.17) is 5.73 Å². The number of hydrogen-bond donors (Lipinski definition) is 2. The summed E-state index contributed by atoms with van der Waals surface area (Å²) in [4.78, 5) is 14.6. The molecule has 0 spiro atoms. The zero-order chi connectivity index (χ0) is 15.4. The fraction of sp³-hybridized carbons (Fsp3) is 0.941. The second kappa shape index (κ2) is 7.59. The molecule has 4 heteroatoms. The number of rotatable bonds is 4. The maximum absolute atomic E-state index is 12.3. The van der Waals surface area contributed by atoms with Gasteiger partial charge in [-0.05, 0) is 49.6 Å². The van der Waals surface area contributed by atoms with Gasteiger partial charge >= 0.3 is 0 Å². The van der Waals surface area contributed by atoms with E-state index >= 15 is 0 Å². The molecule has 0 aromatic rings. The van der Waals surface area contributed by atoms with Gasteiger partial charge in [0.25, 0.3) is 0 Å². The van der Waals surface area contributed by atoms with Gasteiger partial charge in [-0.3, -0.25) is 9.69 Å². The third-order valence-corrected chi connectivity index (χ3v) is 5.92. The molecule has 4 nitrogen and oxygen atoms in total. The number of nitrogens with two attached hydrogens (primary N) is 1. The molecular weight excluding hydrogens is 262 g/mol. The maximum atomic E-state index is 12.3. The molecule has 1 saturated heterocycles.